The van der Waals surface area contributed by atoms with Gasteiger partial charge in [0.1, 0.15) is 30.1 Å². The van der Waals surface area contributed by atoms with E-state index in [0.29, 0.717) is 46.7 Å². The number of nitrogens with two attached hydrogens (primary N) is 1. The van der Waals surface area contributed by atoms with E-state index in [9.17, 15) is 24.8 Å². The van der Waals surface area contributed by atoms with Crippen molar-refractivity contribution in [1.82, 2.24) is 35.5 Å². The molecular weight excluding hydrogens is 929 g/mol. The lowest BCUT2D eigenvalue weighted by atomic mass is 9.91. The van der Waals surface area contributed by atoms with E-state index >= 15 is 0 Å². The normalized spacial score (nSPS) is 19.9. The number of hydrogen-bond acceptors (Lipinski definition) is 17. The number of phenolic OH excluding ortho intramolecular Hbond substituents is 1. The van der Waals surface area contributed by atoms with Crippen LogP contribution in [0.4, 0.5) is 23.0 Å². The number of ether oxygens (including phenoxy) is 2. The summed E-state index contributed by atoms with van der Waals surface area (Å²) in [6.07, 6.45) is 6.58. The van der Waals surface area contributed by atoms with Crippen molar-refractivity contribution in [3.8, 4) is 29.0 Å². The summed E-state index contributed by atoms with van der Waals surface area (Å²) in [5, 5.41) is 35.4. The Kier molecular flexibility index (Phi) is 16.0. The maximum absolute atomic E-state index is 14.3. The summed E-state index contributed by atoms with van der Waals surface area (Å²) in [4.78, 5) is 55.2. The third-order valence-corrected chi connectivity index (χ3v) is 14.8. The van der Waals surface area contributed by atoms with Crippen molar-refractivity contribution in [3.63, 3.8) is 0 Å². The van der Waals surface area contributed by atoms with Gasteiger partial charge in [-0.2, -0.15) is 5.26 Å². The minimum absolute atomic E-state index is 0.0850. The number of likely N-dealkylation sites (tertiary alicyclic amines) is 2. The summed E-state index contributed by atoms with van der Waals surface area (Å²) in [6.45, 7) is 13.7. The molecule has 0 aliphatic carbocycles. The molecule has 0 radical (unpaired) electrons. The molecule has 4 fully saturated rings. The first-order valence-electron chi connectivity index (χ1n) is 25.6. The second-order valence-corrected chi connectivity index (χ2v) is 20.0. The van der Waals surface area contributed by atoms with E-state index in [0.717, 1.165) is 108 Å². The number of amides is 2. The molecule has 0 bridgehead atoms. The van der Waals surface area contributed by atoms with Crippen LogP contribution in [-0.2, 0) is 19.1 Å². The van der Waals surface area contributed by atoms with E-state index < -0.39 is 17.9 Å². The third-order valence-electron chi connectivity index (χ3n) is 14.8. The molecule has 4 atom stereocenters. The van der Waals surface area contributed by atoms with Gasteiger partial charge in [-0.15, -0.1) is 10.2 Å². The smallest absolute Gasteiger partial charge is 0.243 e. The zero-order chi connectivity index (χ0) is 51.0. The van der Waals surface area contributed by atoms with Gasteiger partial charge in [0.05, 0.1) is 41.8 Å². The number of aromatic nitrogens is 4. The monoisotopic (exact) mass is 995 g/mol. The Morgan fingerprint density at radius 1 is 0.904 bits per heavy atom. The van der Waals surface area contributed by atoms with Crippen molar-refractivity contribution >= 4 is 41.1 Å². The van der Waals surface area contributed by atoms with Crippen LogP contribution >= 0.6 is 0 Å². The van der Waals surface area contributed by atoms with E-state index in [4.69, 9.17) is 19.7 Å². The molecule has 4 saturated heterocycles. The van der Waals surface area contributed by atoms with Crippen LogP contribution in [0.2, 0.25) is 0 Å². The quantitative estimate of drug-likeness (QED) is 0.0966. The summed E-state index contributed by atoms with van der Waals surface area (Å²) in [5.41, 5.74) is 10.7. The first-order valence-corrected chi connectivity index (χ1v) is 25.6. The molecule has 4 N–H and O–H groups in total. The predicted octanol–water partition coefficient (Wildman–Crippen LogP) is 5.57. The average Bonchev–Trinajstić information content (AvgIpc) is 4.09. The summed E-state index contributed by atoms with van der Waals surface area (Å²) in [6, 6.07) is 22.8. The average molecular weight is 995 g/mol. The maximum Gasteiger partial charge on any atom is 0.243 e. The number of nitriles is 1. The van der Waals surface area contributed by atoms with Gasteiger partial charge in [0.25, 0.3) is 0 Å². The molecule has 4 aliphatic heterocycles. The summed E-state index contributed by atoms with van der Waals surface area (Å²) >= 11 is 0. The molecular formula is C54H66N12O7. The molecule has 5 aromatic rings. The highest BCUT2D eigenvalue weighted by atomic mass is 16.5. The number of nitrogens with zero attached hydrogens (tertiary/aromatic N) is 10. The van der Waals surface area contributed by atoms with Gasteiger partial charge >= 0.3 is 0 Å². The SMILES string of the molecule is CC(C)[C@H](C(=O)N1CC(C=O)C[C@H]1C(=O)N[C@@H](C)c1ccc(C#N)cc1)c1cc(N2CCC(OCCN3CCC(Oc4cc(N5CCN(c6cc(-c7ccccc7O)nnc6N)CC5)ccn4)CC3)CC2)no1. The molecule has 384 valence electrons. The molecule has 2 aromatic carbocycles. The van der Waals surface area contributed by atoms with Gasteiger partial charge in [0.2, 0.25) is 17.7 Å². The van der Waals surface area contributed by atoms with Crippen LogP contribution in [0.1, 0.15) is 81.7 Å². The Labute approximate surface area is 426 Å². The summed E-state index contributed by atoms with van der Waals surface area (Å²) in [7, 11) is 0. The number of rotatable bonds is 17. The Morgan fingerprint density at radius 3 is 2.34 bits per heavy atom. The van der Waals surface area contributed by atoms with Crippen molar-refractivity contribution in [3.05, 3.63) is 95.9 Å². The largest absolute Gasteiger partial charge is 0.507 e. The number of aromatic hydroxyl groups is 1. The molecule has 7 heterocycles. The Bertz CT molecular complexity index is 2720. The van der Waals surface area contributed by atoms with Crippen LogP contribution in [0.3, 0.4) is 0 Å². The molecule has 0 spiro atoms. The number of aldehydes is 1. The lowest BCUT2D eigenvalue weighted by Gasteiger charge is -2.37. The minimum atomic E-state index is -0.812. The Hall–Kier alpha value is -7.30. The zero-order valence-corrected chi connectivity index (χ0v) is 41.9. The lowest BCUT2D eigenvalue weighted by molar-refractivity contribution is -0.141. The van der Waals surface area contributed by atoms with Gasteiger partial charge < -0.3 is 59.4 Å². The number of carbonyl (C=O) groups is 3. The Morgan fingerprint density at radius 2 is 1.63 bits per heavy atom. The van der Waals surface area contributed by atoms with E-state index in [-0.39, 0.29) is 54.7 Å². The molecule has 0 saturated carbocycles. The molecule has 19 nitrogen and oxygen atoms in total. The number of hydrogen-bond donors (Lipinski definition) is 3. The second kappa shape index (κ2) is 23.1. The number of para-hydroxylation sites is 1. The standard InChI is InChI=1S/C54H66N12O7/c1-35(2)51(54(70)66-33-38(34-67)28-46(66)53(69)58-36(3)39-10-8-37(32-55)9-11-39)48-31-49(61-73-48)65-20-15-41(16-21-65)71-27-26-62-18-13-42(14-19-62)72-50-29-40(12-17-57-50)63-22-24-64(25-23-63)45-30-44(59-60-52(45)56)43-6-4-5-7-47(43)68/h4-12,17,29-31,34-36,38,41-42,46,51,68H,13-16,18-28,33H2,1-3H3,(H2,56,60)(H,58,69)/t36-,38?,46-,51-/m0/s1. The fraction of sp³-hybridized carbons (Fsp3) is 0.481. The molecule has 1 unspecified atom stereocenters. The first-order chi connectivity index (χ1) is 35.4. The van der Waals surface area contributed by atoms with Gasteiger partial charge in [-0.1, -0.05) is 43.3 Å². The van der Waals surface area contributed by atoms with Gasteiger partial charge in [0.15, 0.2) is 17.4 Å². The highest BCUT2D eigenvalue weighted by Gasteiger charge is 2.44. The van der Waals surface area contributed by atoms with E-state index in [1.54, 1.807) is 36.4 Å². The van der Waals surface area contributed by atoms with Crippen molar-refractivity contribution in [2.45, 2.75) is 83.1 Å². The molecule has 9 rings (SSSR count). The number of anilines is 4. The van der Waals surface area contributed by atoms with Crippen LogP contribution < -0.4 is 30.5 Å². The van der Waals surface area contributed by atoms with E-state index in [1.165, 1.54) is 4.90 Å². The van der Waals surface area contributed by atoms with Crippen LogP contribution in [0.5, 0.6) is 11.6 Å². The fourth-order valence-corrected chi connectivity index (χ4v) is 10.5. The van der Waals surface area contributed by atoms with Crippen LogP contribution in [-0.4, -0.2) is 144 Å². The lowest BCUT2D eigenvalue weighted by Crippen LogP contribution is -2.48. The zero-order valence-electron chi connectivity index (χ0n) is 41.9. The Balaban J connectivity index is 0.692. The van der Waals surface area contributed by atoms with E-state index in [1.807, 2.05) is 63.4 Å². The predicted molar refractivity (Wildman–Crippen MR) is 275 cm³/mol. The number of phenols is 1. The molecule has 73 heavy (non-hydrogen) atoms. The topological polar surface area (TPSA) is 233 Å². The van der Waals surface area contributed by atoms with E-state index in [2.05, 4.69) is 51.3 Å². The highest BCUT2D eigenvalue weighted by molar-refractivity contribution is 5.92. The molecule has 4 aliphatic rings. The number of piperazine rings is 1. The highest BCUT2D eigenvalue weighted by Crippen LogP contribution is 2.36. The maximum atomic E-state index is 14.3. The van der Waals surface area contributed by atoms with Gasteiger partial charge in [-0.3, -0.25) is 9.59 Å². The fourth-order valence-electron chi connectivity index (χ4n) is 10.5. The van der Waals surface area contributed by atoms with Crippen LogP contribution in [0, 0.1) is 23.2 Å². The van der Waals surface area contributed by atoms with Gasteiger partial charge in [-0.05, 0) is 86.9 Å². The third kappa shape index (κ3) is 12.0. The summed E-state index contributed by atoms with van der Waals surface area (Å²) in [5.74, 6) is 0.344. The van der Waals surface area contributed by atoms with Gasteiger partial charge in [-0.25, -0.2) is 4.98 Å². The molecule has 2 amide bonds. The van der Waals surface area contributed by atoms with Crippen molar-refractivity contribution in [2.24, 2.45) is 11.8 Å². The van der Waals surface area contributed by atoms with Gasteiger partial charge in [0, 0.05) is 101 Å². The van der Waals surface area contributed by atoms with Crippen LogP contribution in [0.15, 0.2) is 83.5 Å². The number of piperidine rings is 2. The van der Waals surface area contributed by atoms with Crippen molar-refractivity contribution in [2.75, 3.05) is 92.5 Å². The summed E-state index contributed by atoms with van der Waals surface area (Å²) < 4.78 is 18.7. The van der Waals surface area contributed by atoms with Crippen LogP contribution in [0.25, 0.3) is 11.3 Å². The van der Waals surface area contributed by atoms with Crippen molar-refractivity contribution in [1.29, 1.82) is 5.26 Å². The van der Waals surface area contributed by atoms with Crippen molar-refractivity contribution < 1.29 is 33.5 Å². The number of pyridine rings is 1. The number of benzene rings is 2. The number of nitrogens with one attached hydrogen (secondary N) is 1. The second-order valence-electron chi connectivity index (χ2n) is 20.0. The number of carbonyl (C=O) groups excluding carboxylic acids is 3. The number of nitrogen functional groups attached to an aromatic ring is 1. The molecule has 19 heteroatoms. The first kappa shape index (κ1) is 50.6. The minimum Gasteiger partial charge on any atom is -0.507 e. The molecule has 3 aromatic heterocycles.